The predicted octanol–water partition coefficient (Wildman–Crippen LogP) is 3.76. The van der Waals surface area contributed by atoms with Crippen molar-refractivity contribution in [2.24, 2.45) is 0 Å². The Morgan fingerprint density at radius 1 is 1.24 bits per heavy atom. The molecule has 0 saturated heterocycles. The molecular weight excluding hydrogens is 243 g/mol. The fourth-order valence-corrected chi connectivity index (χ4v) is 1.41. The van der Waals surface area contributed by atoms with Crippen LogP contribution in [0, 0.1) is 5.82 Å². The first kappa shape index (κ1) is 14.3. The van der Waals surface area contributed by atoms with Crippen molar-refractivity contribution in [2.45, 2.75) is 32.3 Å². The van der Waals surface area contributed by atoms with E-state index in [1.165, 1.54) is 6.07 Å². The van der Waals surface area contributed by atoms with Crippen molar-refractivity contribution in [3.8, 4) is 5.75 Å². The first-order chi connectivity index (χ1) is 7.92. The lowest BCUT2D eigenvalue weighted by atomic mass is 10.2. The van der Waals surface area contributed by atoms with E-state index >= 15 is 0 Å². The summed E-state index contributed by atoms with van der Waals surface area (Å²) in [6, 6.07) is 4.72. The summed E-state index contributed by atoms with van der Waals surface area (Å²) in [6.45, 7) is 6.64. The van der Waals surface area contributed by atoms with Gasteiger partial charge in [0.2, 0.25) is 0 Å². The summed E-state index contributed by atoms with van der Waals surface area (Å²) in [5, 5.41) is 0. The quantitative estimate of drug-likeness (QED) is 0.593. The van der Waals surface area contributed by atoms with E-state index in [2.05, 4.69) is 0 Å². The fraction of sp³-hybridized carbons (Fsp3) is 0.538. The van der Waals surface area contributed by atoms with Crippen LogP contribution in [0.2, 0.25) is 0 Å². The molecule has 0 bridgehead atoms. The largest absolute Gasteiger partial charge is 0.488 e. The van der Waals surface area contributed by atoms with E-state index in [0.29, 0.717) is 19.1 Å². The molecule has 0 atom stereocenters. The van der Waals surface area contributed by atoms with Gasteiger partial charge < -0.3 is 9.47 Å². The second-order valence-electron chi connectivity index (χ2n) is 4.71. The molecule has 0 aliphatic rings. The Kier molecular flexibility index (Phi) is 5.22. The van der Waals surface area contributed by atoms with Crippen LogP contribution in [0.4, 0.5) is 4.39 Å². The van der Waals surface area contributed by atoms with Gasteiger partial charge in [0.15, 0.2) is 11.6 Å². The number of benzene rings is 1. The number of hydrogen-bond acceptors (Lipinski definition) is 2. The Morgan fingerprint density at radius 2 is 1.94 bits per heavy atom. The first-order valence-corrected chi connectivity index (χ1v) is 6.07. The number of halogens is 2. The highest BCUT2D eigenvalue weighted by Gasteiger charge is 2.10. The summed E-state index contributed by atoms with van der Waals surface area (Å²) in [7, 11) is 0. The highest BCUT2D eigenvalue weighted by Crippen LogP contribution is 2.19. The molecule has 1 rings (SSSR count). The Balaban J connectivity index is 2.42. The van der Waals surface area contributed by atoms with Gasteiger partial charge in [0.1, 0.15) is 6.61 Å². The first-order valence-electron chi connectivity index (χ1n) is 5.53. The molecule has 0 N–H and O–H groups in total. The molecule has 4 heteroatoms. The highest BCUT2D eigenvalue weighted by molar-refractivity contribution is 6.17. The molecule has 0 unspecified atom stereocenters. The van der Waals surface area contributed by atoms with Gasteiger partial charge >= 0.3 is 0 Å². The molecule has 17 heavy (non-hydrogen) atoms. The van der Waals surface area contributed by atoms with Crippen molar-refractivity contribution in [2.75, 3.05) is 13.2 Å². The molecule has 0 fully saturated rings. The monoisotopic (exact) mass is 260 g/mol. The number of hydrogen-bond donors (Lipinski definition) is 0. The average Bonchev–Trinajstić information content (AvgIpc) is 2.24. The summed E-state index contributed by atoms with van der Waals surface area (Å²) in [4.78, 5) is 0. The van der Waals surface area contributed by atoms with Gasteiger partial charge in [-0.25, -0.2) is 4.39 Å². The second kappa shape index (κ2) is 6.22. The fourth-order valence-electron chi connectivity index (χ4n) is 1.24. The minimum Gasteiger partial charge on any atom is -0.488 e. The highest BCUT2D eigenvalue weighted by atomic mass is 35.5. The van der Waals surface area contributed by atoms with Crippen LogP contribution in [0.5, 0.6) is 5.75 Å². The number of rotatable bonds is 5. The van der Waals surface area contributed by atoms with Crippen molar-refractivity contribution in [1.29, 1.82) is 0 Å². The van der Waals surface area contributed by atoms with Crippen LogP contribution < -0.4 is 4.74 Å². The summed E-state index contributed by atoms with van der Waals surface area (Å²) >= 11 is 5.60. The molecule has 0 amide bonds. The third-order valence-corrected chi connectivity index (χ3v) is 2.34. The average molecular weight is 261 g/mol. The zero-order valence-electron chi connectivity index (χ0n) is 10.4. The maximum absolute atomic E-state index is 13.5. The normalized spacial score (nSPS) is 11.6. The van der Waals surface area contributed by atoms with E-state index < -0.39 is 0 Å². The molecule has 96 valence electrons. The summed E-state index contributed by atoms with van der Waals surface area (Å²) in [6.07, 6.45) is 0. The molecule has 0 aliphatic heterocycles. The Bertz CT molecular complexity index is 361. The van der Waals surface area contributed by atoms with Crippen molar-refractivity contribution >= 4 is 11.6 Å². The van der Waals surface area contributed by atoms with Crippen LogP contribution in [0.15, 0.2) is 18.2 Å². The van der Waals surface area contributed by atoms with Crippen molar-refractivity contribution in [3.63, 3.8) is 0 Å². The molecular formula is C13H18ClFO2. The molecule has 1 aromatic rings. The Labute approximate surface area is 107 Å². The standard InChI is InChI=1S/C13H18ClFO2/c1-13(2,3)17-7-6-16-12-5-4-10(9-14)8-11(12)15/h4-5,8H,6-7,9H2,1-3H3. The number of alkyl halides is 1. The summed E-state index contributed by atoms with van der Waals surface area (Å²) in [5.74, 6) is 0.139. The van der Waals surface area contributed by atoms with Gasteiger partial charge in [-0.2, -0.15) is 0 Å². The lowest BCUT2D eigenvalue weighted by Gasteiger charge is -2.19. The van der Waals surface area contributed by atoms with Crippen LogP contribution in [0.3, 0.4) is 0 Å². The van der Waals surface area contributed by atoms with Crippen molar-refractivity contribution in [3.05, 3.63) is 29.6 Å². The van der Waals surface area contributed by atoms with Crippen LogP contribution in [-0.4, -0.2) is 18.8 Å². The Morgan fingerprint density at radius 3 is 2.47 bits per heavy atom. The van der Waals surface area contributed by atoms with E-state index in [1.54, 1.807) is 12.1 Å². The molecule has 0 aliphatic carbocycles. The van der Waals surface area contributed by atoms with Crippen LogP contribution >= 0.6 is 11.6 Å². The van der Waals surface area contributed by atoms with Gasteiger partial charge in [-0.1, -0.05) is 6.07 Å². The minimum atomic E-state index is -0.390. The summed E-state index contributed by atoms with van der Waals surface area (Å²) < 4.78 is 24.2. The smallest absolute Gasteiger partial charge is 0.165 e. The summed E-state index contributed by atoms with van der Waals surface area (Å²) in [5.41, 5.74) is 0.534. The van der Waals surface area contributed by atoms with Crippen LogP contribution in [0.25, 0.3) is 0 Å². The number of ether oxygens (including phenoxy) is 2. The van der Waals surface area contributed by atoms with Gasteiger partial charge in [0.05, 0.1) is 12.2 Å². The van der Waals surface area contributed by atoms with Gasteiger partial charge in [0, 0.05) is 5.88 Å². The van der Waals surface area contributed by atoms with Gasteiger partial charge in [0.25, 0.3) is 0 Å². The third kappa shape index (κ3) is 5.37. The van der Waals surface area contributed by atoms with Crippen LogP contribution in [-0.2, 0) is 10.6 Å². The second-order valence-corrected chi connectivity index (χ2v) is 4.97. The van der Waals surface area contributed by atoms with E-state index in [0.717, 1.165) is 5.56 Å². The molecule has 0 saturated carbocycles. The molecule has 0 aromatic heterocycles. The third-order valence-electron chi connectivity index (χ3n) is 2.03. The zero-order valence-corrected chi connectivity index (χ0v) is 11.2. The van der Waals surface area contributed by atoms with Crippen molar-refractivity contribution in [1.82, 2.24) is 0 Å². The molecule has 0 spiro atoms. The van der Waals surface area contributed by atoms with Gasteiger partial charge in [-0.3, -0.25) is 0 Å². The molecule has 2 nitrogen and oxygen atoms in total. The van der Waals surface area contributed by atoms with E-state index in [1.807, 2.05) is 20.8 Å². The Hall–Kier alpha value is -0.800. The zero-order chi connectivity index (χ0) is 12.9. The van der Waals surface area contributed by atoms with E-state index in [9.17, 15) is 4.39 Å². The molecule has 0 radical (unpaired) electrons. The minimum absolute atomic E-state index is 0.204. The SMILES string of the molecule is CC(C)(C)OCCOc1ccc(CCl)cc1F. The van der Waals surface area contributed by atoms with Crippen molar-refractivity contribution < 1.29 is 13.9 Å². The van der Waals surface area contributed by atoms with Crippen LogP contribution in [0.1, 0.15) is 26.3 Å². The maximum atomic E-state index is 13.5. The van der Waals surface area contributed by atoms with Gasteiger partial charge in [-0.15, -0.1) is 11.6 Å². The van der Waals surface area contributed by atoms with E-state index in [4.69, 9.17) is 21.1 Å². The molecule has 1 aromatic carbocycles. The maximum Gasteiger partial charge on any atom is 0.165 e. The lowest BCUT2D eigenvalue weighted by Crippen LogP contribution is -2.22. The van der Waals surface area contributed by atoms with E-state index in [-0.39, 0.29) is 17.2 Å². The molecule has 0 heterocycles. The van der Waals surface area contributed by atoms with Gasteiger partial charge in [-0.05, 0) is 38.5 Å². The topological polar surface area (TPSA) is 18.5 Å². The predicted molar refractivity (Wildman–Crippen MR) is 67.2 cm³/mol. The lowest BCUT2D eigenvalue weighted by molar-refractivity contribution is -0.0166.